The van der Waals surface area contributed by atoms with Crippen molar-refractivity contribution in [3.05, 3.63) is 29.6 Å². The van der Waals surface area contributed by atoms with Crippen molar-refractivity contribution in [3.8, 4) is 0 Å². The van der Waals surface area contributed by atoms with Crippen LogP contribution in [0.4, 0.5) is 10.1 Å². The molecule has 2 rings (SSSR count). The molecule has 1 saturated carbocycles. The van der Waals surface area contributed by atoms with Crippen molar-refractivity contribution in [3.63, 3.8) is 0 Å². The van der Waals surface area contributed by atoms with Crippen LogP contribution in [-0.4, -0.2) is 45.9 Å². The Hall–Kier alpha value is -1.47. The molecule has 0 aromatic heterocycles. The van der Waals surface area contributed by atoms with Gasteiger partial charge >= 0.3 is 0 Å². The summed E-state index contributed by atoms with van der Waals surface area (Å²) in [5.41, 5.74) is 0.976. The maximum absolute atomic E-state index is 14.0. The van der Waals surface area contributed by atoms with Gasteiger partial charge in [-0.2, -0.15) is 0 Å². The first-order valence-electron chi connectivity index (χ1n) is 9.94. The number of hydrogen-bond donors (Lipinski definition) is 2. The van der Waals surface area contributed by atoms with E-state index in [4.69, 9.17) is 0 Å². The summed E-state index contributed by atoms with van der Waals surface area (Å²) in [5.74, 6) is -0.175. The van der Waals surface area contributed by atoms with Crippen LogP contribution in [0.15, 0.2) is 18.2 Å². The van der Waals surface area contributed by atoms with E-state index in [-0.39, 0.29) is 22.7 Å². The molecule has 0 spiro atoms. The maximum atomic E-state index is 14.0. The third kappa shape index (κ3) is 6.27. The third-order valence-corrected chi connectivity index (χ3v) is 6.91. The number of rotatable bonds is 6. The quantitative estimate of drug-likeness (QED) is 0.745. The first kappa shape index (κ1) is 22.8. The van der Waals surface area contributed by atoms with Gasteiger partial charge in [-0.05, 0) is 77.5 Å². The van der Waals surface area contributed by atoms with E-state index in [9.17, 15) is 13.4 Å². The van der Waals surface area contributed by atoms with E-state index in [1.807, 2.05) is 20.8 Å². The van der Waals surface area contributed by atoms with Crippen molar-refractivity contribution in [2.75, 3.05) is 19.4 Å². The van der Waals surface area contributed by atoms with Crippen LogP contribution in [0.25, 0.3) is 0 Å². The van der Waals surface area contributed by atoms with Gasteiger partial charge in [0.05, 0.1) is 15.7 Å². The number of hydrogen-bond acceptors (Lipinski definition) is 3. The molecule has 1 aliphatic carbocycles. The maximum Gasteiger partial charge on any atom is 0.253 e. The molecule has 1 aromatic carbocycles. The van der Waals surface area contributed by atoms with Crippen molar-refractivity contribution >= 4 is 22.6 Å². The van der Waals surface area contributed by atoms with Gasteiger partial charge in [0, 0.05) is 37.4 Å². The molecule has 2 atom stereocenters. The fourth-order valence-corrected chi connectivity index (χ4v) is 4.39. The van der Waals surface area contributed by atoms with Crippen molar-refractivity contribution in [2.45, 2.75) is 70.2 Å². The van der Waals surface area contributed by atoms with Crippen LogP contribution in [0.5, 0.6) is 0 Å². The van der Waals surface area contributed by atoms with Crippen molar-refractivity contribution in [1.82, 2.24) is 9.62 Å². The summed E-state index contributed by atoms with van der Waals surface area (Å²) in [6.45, 7) is 8.02. The molecule has 1 fully saturated rings. The Morgan fingerprint density at radius 1 is 1.18 bits per heavy atom. The van der Waals surface area contributed by atoms with Gasteiger partial charge in [0.15, 0.2) is 0 Å². The highest BCUT2D eigenvalue weighted by atomic mass is 32.2. The minimum absolute atomic E-state index is 0.165. The van der Waals surface area contributed by atoms with Crippen molar-refractivity contribution in [2.24, 2.45) is 5.92 Å². The molecule has 1 amide bonds. The van der Waals surface area contributed by atoms with Crippen LogP contribution >= 0.6 is 0 Å². The molecule has 0 bridgehead atoms. The molecule has 0 saturated heterocycles. The first-order valence-corrected chi connectivity index (χ1v) is 11.1. The van der Waals surface area contributed by atoms with Gasteiger partial charge in [0.25, 0.3) is 5.91 Å². The monoisotopic (exact) mass is 411 g/mol. The SMILES string of the molecule is CC(Nc1cc(F)cc(C(=O)N(C)C)c1)C1CCC(NS(=O)C(C)(C)C)CC1. The van der Waals surface area contributed by atoms with Crippen molar-refractivity contribution < 1.29 is 13.4 Å². The van der Waals surface area contributed by atoms with E-state index in [0.29, 0.717) is 17.2 Å². The lowest BCUT2D eigenvalue weighted by molar-refractivity contribution is 0.0827. The standard InChI is InChI=1S/C21H34FN3O2S/c1-14(15-7-9-18(10-8-15)24-28(27)21(2,3)4)23-19-12-16(11-17(22)13-19)20(26)25(5)6/h11-15,18,23-24H,7-10H2,1-6H3. The molecular formula is C21H34FN3O2S. The number of nitrogens with one attached hydrogen (secondary N) is 2. The lowest BCUT2D eigenvalue weighted by Crippen LogP contribution is -2.42. The summed E-state index contributed by atoms with van der Waals surface area (Å²) >= 11 is 0. The molecular weight excluding hydrogens is 377 g/mol. The van der Waals surface area contributed by atoms with E-state index < -0.39 is 16.8 Å². The zero-order valence-electron chi connectivity index (χ0n) is 17.8. The number of carbonyl (C=O) groups is 1. The topological polar surface area (TPSA) is 61.4 Å². The largest absolute Gasteiger partial charge is 0.382 e. The number of benzene rings is 1. The van der Waals surface area contributed by atoms with Crippen LogP contribution in [-0.2, 0) is 11.0 Å². The normalized spacial score (nSPS) is 22.4. The Morgan fingerprint density at radius 3 is 2.32 bits per heavy atom. The Bertz CT molecular complexity index is 710. The molecule has 2 N–H and O–H groups in total. The molecule has 0 radical (unpaired) electrons. The Balaban J connectivity index is 1.93. The number of anilines is 1. The van der Waals surface area contributed by atoms with E-state index in [2.05, 4.69) is 17.0 Å². The minimum atomic E-state index is -1.05. The van der Waals surface area contributed by atoms with Crippen LogP contribution in [0.2, 0.25) is 0 Å². The summed E-state index contributed by atoms with van der Waals surface area (Å²) in [5, 5.41) is 3.38. The van der Waals surface area contributed by atoms with Gasteiger partial charge in [-0.25, -0.2) is 13.3 Å². The van der Waals surface area contributed by atoms with E-state index >= 15 is 0 Å². The van der Waals surface area contributed by atoms with E-state index in [1.165, 1.54) is 17.0 Å². The van der Waals surface area contributed by atoms with Gasteiger partial charge in [0.2, 0.25) is 0 Å². The summed E-state index contributed by atoms with van der Waals surface area (Å²) in [7, 11) is 2.26. The third-order valence-electron chi connectivity index (χ3n) is 5.25. The molecule has 28 heavy (non-hydrogen) atoms. The predicted molar refractivity (Wildman–Crippen MR) is 114 cm³/mol. The van der Waals surface area contributed by atoms with Gasteiger partial charge in [0.1, 0.15) is 5.82 Å². The molecule has 2 unspecified atom stereocenters. The number of nitrogens with zero attached hydrogens (tertiary/aromatic N) is 1. The Kier molecular flexibility index (Phi) is 7.62. The second kappa shape index (κ2) is 9.35. The summed E-state index contributed by atoms with van der Waals surface area (Å²) in [4.78, 5) is 13.6. The number of amides is 1. The molecule has 158 valence electrons. The average molecular weight is 412 g/mol. The highest BCUT2D eigenvalue weighted by Gasteiger charge is 2.28. The second-order valence-electron chi connectivity index (χ2n) is 8.97. The zero-order chi connectivity index (χ0) is 21.1. The van der Waals surface area contributed by atoms with Gasteiger partial charge in [-0.15, -0.1) is 0 Å². The van der Waals surface area contributed by atoms with Crippen molar-refractivity contribution in [1.29, 1.82) is 0 Å². The molecule has 5 nitrogen and oxygen atoms in total. The van der Waals surface area contributed by atoms with Gasteiger partial charge in [-0.3, -0.25) is 4.79 Å². The summed E-state index contributed by atoms with van der Waals surface area (Å²) in [6, 6.07) is 4.86. The molecule has 7 heteroatoms. The lowest BCUT2D eigenvalue weighted by Gasteiger charge is -2.34. The smallest absolute Gasteiger partial charge is 0.253 e. The molecule has 1 aromatic rings. The van der Waals surface area contributed by atoms with E-state index in [1.54, 1.807) is 20.2 Å². The van der Waals surface area contributed by atoms with Gasteiger partial charge in [-0.1, -0.05) is 0 Å². The van der Waals surface area contributed by atoms with Crippen LogP contribution in [0.3, 0.4) is 0 Å². The van der Waals surface area contributed by atoms with Crippen LogP contribution in [0.1, 0.15) is 63.7 Å². The molecule has 0 aliphatic heterocycles. The van der Waals surface area contributed by atoms with Crippen LogP contribution < -0.4 is 10.0 Å². The number of carbonyl (C=O) groups excluding carboxylic acids is 1. The van der Waals surface area contributed by atoms with E-state index in [0.717, 1.165) is 25.7 Å². The zero-order valence-corrected chi connectivity index (χ0v) is 18.7. The Labute approximate surface area is 171 Å². The molecule has 0 heterocycles. The second-order valence-corrected chi connectivity index (χ2v) is 11.0. The fourth-order valence-electron chi connectivity index (χ4n) is 3.50. The predicted octanol–water partition coefficient (Wildman–Crippen LogP) is 3.94. The van der Waals surface area contributed by atoms with Gasteiger partial charge < -0.3 is 10.2 Å². The molecule has 1 aliphatic rings. The minimum Gasteiger partial charge on any atom is -0.382 e. The van der Waals surface area contributed by atoms with Crippen LogP contribution in [0, 0.1) is 11.7 Å². The first-order chi connectivity index (χ1) is 13.0. The summed E-state index contributed by atoms with van der Waals surface area (Å²) < 4.78 is 29.2. The highest BCUT2D eigenvalue weighted by molar-refractivity contribution is 7.84. The highest BCUT2D eigenvalue weighted by Crippen LogP contribution is 2.29. The lowest BCUT2D eigenvalue weighted by atomic mass is 9.82. The fraction of sp³-hybridized carbons (Fsp3) is 0.667. The number of halogens is 1. The summed E-state index contributed by atoms with van der Waals surface area (Å²) in [6.07, 6.45) is 4.00. The Morgan fingerprint density at radius 2 is 1.79 bits per heavy atom. The average Bonchev–Trinajstić information content (AvgIpc) is 2.60.